The van der Waals surface area contributed by atoms with Gasteiger partial charge < -0.3 is 4.74 Å². The van der Waals surface area contributed by atoms with Crippen LogP contribution >= 0.6 is 0 Å². The molecular weight excluding hydrogens is 488 g/mol. The van der Waals surface area contributed by atoms with Crippen LogP contribution in [0.3, 0.4) is 0 Å². The van der Waals surface area contributed by atoms with Crippen molar-refractivity contribution in [3.05, 3.63) is 65.5 Å². The van der Waals surface area contributed by atoms with Gasteiger partial charge in [-0.05, 0) is 44.9 Å². The monoisotopic (exact) mass is 514 g/mol. The van der Waals surface area contributed by atoms with E-state index in [1.54, 1.807) is 23.1 Å². The summed E-state index contributed by atoms with van der Waals surface area (Å²) >= 11 is 0. The van der Waals surface area contributed by atoms with E-state index in [1.807, 2.05) is 13.8 Å². The van der Waals surface area contributed by atoms with Crippen LogP contribution < -0.4 is 0 Å². The van der Waals surface area contributed by atoms with Crippen LogP contribution in [-0.4, -0.2) is 48.9 Å². The maximum Gasteiger partial charge on any atom is 0.252 e. The first-order chi connectivity index (χ1) is 17.7. The summed E-state index contributed by atoms with van der Waals surface area (Å²) in [6, 6.07) is 5.12. The lowest BCUT2D eigenvalue weighted by Crippen LogP contribution is -2.37. The largest absolute Gasteiger partial charge is 0.381 e. The molecule has 0 N–H and O–H groups in total. The van der Waals surface area contributed by atoms with E-state index >= 15 is 0 Å². The Bertz CT molecular complexity index is 1400. The molecule has 2 fully saturated rings. The van der Waals surface area contributed by atoms with Gasteiger partial charge in [-0.15, -0.1) is 0 Å². The average molecular weight is 515 g/mol. The number of ether oxygens (including phenoxy) is 1. The van der Waals surface area contributed by atoms with Gasteiger partial charge in [0.2, 0.25) is 0 Å². The average Bonchev–Trinajstić information content (AvgIpc) is 3.39. The molecule has 3 aromatic heterocycles. The first-order valence-electron chi connectivity index (χ1n) is 12.1. The molecule has 0 radical (unpaired) electrons. The van der Waals surface area contributed by atoms with E-state index in [9.17, 15) is 17.6 Å². The number of hydrogen-bond donors (Lipinski definition) is 0. The zero-order valence-corrected chi connectivity index (χ0v) is 20.5. The molecule has 37 heavy (non-hydrogen) atoms. The van der Waals surface area contributed by atoms with Crippen LogP contribution in [0.25, 0.3) is 22.4 Å². The van der Waals surface area contributed by atoms with E-state index in [1.165, 1.54) is 12.1 Å². The molecule has 1 aromatic carbocycles. The smallest absolute Gasteiger partial charge is 0.252 e. The second-order valence-corrected chi connectivity index (χ2v) is 9.41. The van der Waals surface area contributed by atoms with Crippen molar-refractivity contribution in [2.45, 2.75) is 57.4 Å². The van der Waals surface area contributed by atoms with E-state index in [0.29, 0.717) is 35.9 Å². The van der Waals surface area contributed by atoms with E-state index < -0.39 is 17.6 Å². The summed E-state index contributed by atoms with van der Waals surface area (Å²) in [5.41, 5.74) is 2.90. The molecule has 0 amide bonds. The molecule has 11 heteroatoms. The standard InChI is InChI=1S/C19H18F2N4O.C7H8F2N2/c1-10-11(2)23-19-17(22-10)16(14-4-3-13(20)9-15(14)21)24-18(25-19)12-5-7-26-8-6-12;8-7(9)4-6(5-7)11-3-1-2-10-11/h3-4,9,12H,5-8H2,1-2H3;1-3,6H,4-5H2. The third-order valence-corrected chi connectivity index (χ3v) is 6.70. The van der Waals surface area contributed by atoms with Crippen LogP contribution in [0.4, 0.5) is 17.6 Å². The third-order valence-electron chi connectivity index (χ3n) is 6.70. The molecular formula is C26H26F4N6O. The minimum absolute atomic E-state index is 0.0608. The summed E-state index contributed by atoms with van der Waals surface area (Å²) < 4.78 is 59.5. The van der Waals surface area contributed by atoms with Crippen molar-refractivity contribution in [1.29, 1.82) is 0 Å². The molecule has 0 atom stereocenters. The number of alkyl halides is 2. The molecule has 1 saturated carbocycles. The molecule has 0 bridgehead atoms. The van der Waals surface area contributed by atoms with Gasteiger partial charge in [0.25, 0.3) is 5.92 Å². The maximum atomic E-state index is 14.4. The SMILES string of the molecule is Cc1nc2nc(C3CCOCC3)nc(-c3ccc(F)cc3F)c2nc1C.FC1(F)CC(n2cccn2)C1. The quantitative estimate of drug-likeness (QED) is 0.325. The Morgan fingerprint density at radius 2 is 1.70 bits per heavy atom. The second-order valence-electron chi connectivity index (χ2n) is 9.41. The van der Waals surface area contributed by atoms with Crippen molar-refractivity contribution in [2.24, 2.45) is 0 Å². The first-order valence-corrected chi connectivity index (χ1v) is 12.1. The maximum absolute atomic E-state index is 14.4. The number of benzene rings is 1. The van der Waals surface area contributed by atoms with Gasteiger partial charge in [0.05, 0.1) is 17.4 Å². The number of aryl methyl sites for hydroxylation is 2. The van der Waals surface area contributed by atoms with Gasteiger partial charge in [-0.2, -0.15) is 5.10 Å². The van der Waals surface area contributed by atoms with Gasteiger partial charge in [0.1, 0.15) is 28.7 Å². The molecule has 2 aliphatic rings. The molecule has 6 rings (SSSR count). The lowest BCUT2D eigenvalue weighted by atomic mass is 9.88. The topological polar surface area (TPSA) is 78.6 Å². The van der Waals surface area contributed by atoms with Crippen molar-refractivity contribution in [1.82, 2.24) is 29.7 Å². The lowest BCUT2D eigenvalue weighted by Gasteiger charge is -2.34. The number of aromatic nitrogens is 6. The van der Waals surface area contributed by atoms with Gasteiger partial charge in [-0.25, -0.2) is 37.5 Å². The van der Waals surface area contributed by atoms with Crippen LogP contribution in [-0.2, 0) is 4.74 Å². The number of nitrogens with zero attached hydrogens (tertiary/aromatic N) is 6. The number of rotatable bonds is 3. The zero-order chi connectivity index (χ0) is 26.2. The van der Waals surface area contributed by atoms with E-state index in [0.717, 1.165) is 30.3 Å². The highest BCUT2D eigenvalue weighted by atomic mass is 19.3. The molecule has 0 spiro atoms. The van der Waals surface area contributed by atoms with Crippen LogP contribution in [0.1, 0.15) is 54.9 Å². The molecule has 4 aromatic rings. The first kappa shape index (κ1) is 25.2. The Labute approximate surface area is 210 Å². The Kier molecular flexibility index (Phi) is 6.89. The van der Waals surface area contributed by atoms with Gasteiger partial charge in [-0.1, -0.05) is 0 Å². The molecule has 194 valence electrons. The minimum atomic E-state index is -2.45. The Morgan fingerprint density at radius 1 is 0.973 bits per heavy atom. The summed E-state index contributed by atoms with van der Waals surface area (Å²) in [5.74, 6) is -3.03. The summed E-state index contributed by atoms with van der Waals surface area (Å²) in [5, 5.41) is 3.89. The molecule has 7 nitrogen and oxygen atoms in total. The highest BCUT2D eigenvalue weighted by Gasteiger charge is 2.46. The van der Waals surface area contributed by atoms with Crippen molar-refractivity contribution in [3.63, 3.8) is 0 Å². The fourth-order valence-corrected chi connectivity index (χ4v) is 4.45. The summed E-state index contributed by atoms with van der Waals surface area (Å²) in [4.78, 5) is 18.3. The molecule has 1 aliphatic carbocycles. The Morgan fingerprint density at radius 3 is 2.35 bits per heavy atom. The predicted molar refractivity (Wildman–Crippen MR) is 128 cm³/mol. The molecule has 4 heterocycles. The third kappa shape index (κ3) is 5.46. The lowest BCUT2D eigenvalue weighted by molar-refractivity contribution is -0.106. The van der Waals surface area contributed by atoms with Gasteiger partial charge in [0.15, 0.2) is 5.65 Å². The van der Waals surface area contributed by atoms with Crippen molar-refractivity contribution < 1.29 is 22.3 Å². The number of hydrogen-bond acceptors (Lipinski definition) is 6. The number of halogens is 4. The summed E-state index contributed by atoms with van der Waals surface area (Å²) in [6.07, 6.45) is 4.81. The van der Waals surface area contributed by atoms with E-state index in [4.69, 9.17) is 4.74 Å². The van der Waals surface area contributed by atoms with Crippen LogP contribution in [0, 0.1) is 25.5 Å². The summed E-state index contributed by atoms with van der Waals surface area (Å²) in [6.45, 7) is 4.98. The van der Waals surface area contributed by atoms with E-state index in [-0.39, 0.29) is 30.4 Å². The van der Waals surface area contributed by atoms with Crippen molar-refractivity contribution in [2.75, 3.05) is 13.2 Å². The Balaban J connectivity index is 0.000000212. The minimum Gasteiger partial charge on any atom is -0.381 e. The normalized spacial score (nSPS) is 17.8. The Hall–Kier alpha value is -3.47. The number of fused-ring (bicyclic) bond motifs is 1. The fraction of sp³-hybridized carbons (Fsp3) is 0.423. The predicted octanol–water partition coefficient (Wildman–Crippen LogP) is 5.73. The molecule has 1 aliphatic heterocycles. The van der Waals surface area contributed by atoms with E-state index in [2.05, 4.69) is 25.0 Å². The van der Waals surface area contributed by atoms with Crippen molar-refractivity contribution in [3.8, 4) is 11.3 Å². The van der Waals surface area contributed by atoms with Crippen LogP contribution in [0.2, 0.25) is 0 Å². The highest BCUT2D eigenvalue weighted by molar-refractivity contribution is 5.87. The summed E-state index contributed by atoms with van der Waals surface area (Å²) in [7, 11) is 0. The van der Waals surface area contributed by atoms with Crippen LogP contribution in [0.15, 0.2) is 36.7 Å². The fourth-order valence-electron chi connectivity index (χ4n) is 4.45. The van der Waals surface area contributed by atoms with Gasteiger partial charge >= 0.3 is 0 Å². The van der Waals surface area contributed by atoms with Gasteiger partial charge in [-0.3, -0.25) is 4.68 Å². The highest BCUT2D eigenvalue weighted by Crippen LogP contribution is 2.44. The zero-order valence-electron chi connectivity index (χ0n) is 20.5. The molecule has 1 saturated heterocycles. The van der Waals surface area contributed by atoms with Crippen LogP contribution in [0.5, 0.6) is 0 Å². The second kappa shape index (κ2) is 10.1. The van der Waals surface area contributed by atoms with Crippen molar-refractivity contribution >= 4 is 11.2 Å². The molecule has 0 unspecified atom stereocenters. The van der Waals surface area contributed by atoms with Gasteiger partial charge in [0, 0.05) is 56.0 Å².